The third kappa shape index (κ3) is 3.64. The largest absolute Gasteiger partial charge is 0.282 e. The van der Waals surface area contributed by atoms with Crippen molar-refractivity contribution in [2.45, 2.75) is 30.4 Å². The summed E-state index contributed by atoms with van der Waals surface area (Å²) < 4.78 is 60.5. The minimum absolute atomic E-state index is 0.405. The quantitative estimate of drug-likeness (QED) is 0.869. The summed E-state index contributed by atoms with van der Waals surface area (Å²) in [6, 6.07) is 2.56. The van der Waals surface area contributed by atoms with Crippen LogP contribution in [-0.4, -0.2) is 21.6 Å². The molecule has 0 unspecified atom stereocenters. The van der Waals surface area contributed by atoms with Crippen molar-refractivity contribution in [2.24, 2.45) is 5.14 Å². The van der Waals surface area contributed by atoms with Crippen LogP contribution in [-0.2, 0) is 20.0 Å². The van der Waals surface area contributed by atoms with Gasteiger partial charge in [0.2, 0.25) is 20.0 Å². The van der Waals surface area contributed by atoms with Crippen molar-refractivity contribution in [3.05, 3.63) is 24.0 Å². The smallest absolute Gasteiger partial charge is 0.240 e. The van der Waals surface area contributed by atoms with Crippen LogP contribution < -0.4 is 9.86 Å². The average Bonchev–Trinajstić information content (AvgIpc) is 2.12. The fourth-order valence-corrected chi connectivity index (χ4v) is 2.63. The number of hydrogen-bond donors (Lipinski definition) is 2. The van der Waals surface area contributed by atoms with E-state index in [0.29, 0.717) is 0 Å². The highest BCUT2D eigenvalue weighted by Crippen LogP contribution is 2.25. The van der Waals surface area contributed by atoms with Crippen molar-refractivity contribution in [1.29, 1.82) is 0 Å². The van der Waals surface area contributed by atoms with Gasteiger partial charge in [-0.25, -0.2) is 26.4 Å². The molecule has 0 amide bonds. The molecule has 1 aromatic rings. The van der Waals surface area contributed by atoms with Gasteiger partial charge in [0.15, 0.2) is 0 Å². The first-order valence-electron chi connectivity index (χ1n) is 5.19. The first-order valence-corrected chi connectivity index (χ1v) is 8.22. The number of benzene rings is 1. The van der Waals surface area contributed by atoms with E-state index < -0.39 is 41.2 Å². The van der Waals surface area contributed by atoms with Crippen LogP contribution in [0.25, 0.3) is 0 Å². The Morgan fingerprint density at radius 2 is 1.68 bits per heavy atom. The second-order valence-corrected chi connectivity index (χ2v) is 8.87. The zero-order valence-electron chi connectivity index (χ0n) is 10.6. The van der Waals surface area contributed by atoms with E-state index in [2.05, 4.69) is 0 Å². The van der Waals surface area contributed by atoms with Crippen molar-refractivity contribution < 1.29 is 21.2 Å². The fourth-order valence-electron chi connectivity index (χ4n) is 1.13. The highest BCUT2D eigenvalue weighted by molar-refractivity contribution is 7.94. The van der Waals surface area contributed by atoms with Gasteiger partial charge in [0.1, 0.15) is 10.7 Å². The molecule has 108 valence electrons. The van der Waals surface area contributed by atoms with Crippen LogP contribution in [0.15, 0.2) is 23.1 Å². The highest BCUT2D eigenvalue weighted by Gasteiger charge is 2.30. The third-order valence-corrected chi connectivity index (χ3v) is 5.37. The van der Waals surface area contributed by atoms with Crippen LogP contribution in [0, 0.1) is 5.82 Å². The second-order valence-electron chi connectivity index (χ2n) is 4.90. The molecule has 6 nitrogen and oxygen atoms in total. The zero-order chi connectivity index (χ0) is 15.1. The lowest BCUT2D eigenvalue weighted by Crippen LogP contribution is -2.34. The molecule has 3 N–H and O–H groups in total. The molecule has 19 heavy (non-hydrogen) atoms. The Kier molecular flexibility index (Phi) is 3.95. The number of halogens is 1. The average molecular weight is 310 g/mol. The molecule has 0 aliphatic rings. The molecule has 0 saturated heterocycles. The van der Waals surface area contributed by atoms with E-state index in [-0.39, 0.29) is 0 Å². The third-order valence-electron chi connectivity index (χ3n) is 2.30. The molecule has 0 aliphatic carbocycles. The Bertz CT molecular complexity index is 691. The lowest BCUT2D eigenvalue weighted by atomic mass is 10.3. The standard InChI is InChI=1S/C10H15FN2O4S2/c1-10(2,3)19(16,17)13-8-6-7(11)4-5-9(8)18(12,14)15/h4-6,13H,1-3H3,(H2,12,14,15). The molecule has 0 heterocycles. The molecule has 0 atom stereocenters. The van der Waals surface area contributed by atoms with Gasteiger partial charge in [0, 0.05) is 0 Å². The summed E-state index contributed by atoms with van der Waals surface area (Å²) in [6.07, 6.45) is 0. The van der Waals surface area contributed by atoms with Crippen molar-refractivity contribution in [2.75, 3.05) is 4.72 Å². The number of hydrogen-bond acceptors (Lipinski definition) is 4. The fraction of sp³-hybridized carbons (Fsp3) is 0.400. The predicted molar refractivity (Wildman–Crippen MR) is 70.1 cm³/mol. The van der Waals surface area contributed by atoms with Gasteiger partial charge in [-0.05, 0) is 39.0 Å². The lowest BCUT2D eigenvalue weighted by Gasteiger charge is -2.21. The van der Waals surface area contributed by atoms with Gasteiger partial charge in [0.05, 0.1) is 10.4 Å². The summed E-state index contributed by atoms with van der Waals surface area (Å²) in [4.78, 5) is -0.485. The van der Waals surface area contributed by atoms with Gasteiger partial charge in [0.25, 0.3) is 0 Å². The summed E-state index contributed by atoms with van der Waals surface area (Å²) >= 11 is 0. The SMILES string of the molecule is CC(C)(C)S(=O)(=O)Nc1cc(F)ccc1S(N)(=O)=O. The van der Waals surface area contributed by atoms with Gasteiger partial charge < -0.3 is 0 Å². The number of rotatable bonds is 3. The van der Waals surface area contributed by atoms with E-state index in [0.717, 1.165) is 18.2 Å². The number of primary sulfonamides is 1. The Balaban J connectivity index is 3.41. The maximum Gasteiger partial charge on any atom is 0.240 e. The van der Waals surface area contributed by atoms with Crippen molar-refractivity contribution in [3.63, 3.8) is 0 Å². The topological polar surface area (TPSA) is 106 Å². The minimum atomic E-state index is -4.16. The van der Waals surface area contributed by atoms with Gasteiger partial charge in [-0.3, -0.25) is 4.72 Å². The zero-order valence-corrected chi connectivity index (χ0v) is 12.3. The van der Waals surface area contributed by atoms with Gasteiger partial charge in [-0.2, -0.15) is 0 Å². The summed E-state index contributed by atoms with van der Waals surface area (Å²) in [7, 11) is -8.05. The molecule has 0 bridgehead atoms. The van der Waals surface area contributed by atoms with Gasteiger partial charge in [-0.1, -0.05) is 0 Å². The maximum atomic E-state index is 13.1. The molecule has 1 rings (SSSR count). The summed E-state index contributed by atoms with van der Waals surface area (Å²) in [6.45, 7) is 4.27. The molecule has 0 radical (unpaired) electrons. The van der Waals surface area contributed by atoms with E-state index in [1.54, 1.807) is 0 Å². The van der Waals surface area contributed by atoms with Crippen molar-refractivity contribution >= 4 is 25.7 Å². The van der Waals surface area contributed by atoms with Crippen LogP contribution >= 0.6 is 0 Å². The van der Waals surface area contributed by atoms with Crippen LogP contribution in [0.1, 0.15) is 20.8 Å². The van der Waals surface area contributed by atoms with Crippen molar-refractivity contribution in [3.8, 4) is 0 Å². The Morgan fingerprint density at radius 3 is 2.11 bits per heavy atom. The molecule has 1 aromatic carbocycles. The summed E-state index contributed by atoms with van der Waals surface area (Å²) in [5, 5.41) is 4.95. The maximum absolute atomic E-state index is 13.1. The Morgan fingerprint density at radius 1 is 1.16 bits per heavy atom. The molecule has 0 fully saturated rings. The lowest BCUT2D eigenvalue weighted by molar-refractivity contribution is 0.565. The van der Waals surface area contributed by atoms with E-state index in [4.69, 9.17) is 5.14 Å². The van der Waals surface area contributed by atoms with E-state index >= 15 is 0 Å². The molecule has 9 heteroatoms. The highest BCUT2D eigenvalue weighted by atomic mass is 32.2. The van der Waals surface area contributed by atoms with Gasteiger partial charge in [-0.15, -0.1) is 0 Å². The number of nitrogens with two attached hydrogens (primary N) is 1. The number of nitrogens with one attached hydrogen (secondary N) is 1. The molecule has 0 saturated carbocycles. The molecule has 0 aliphatic heterocycles. The molecular formula is C10H15FN2O4S2. The molecular weight excluding hydrogens is 295 g/mol. The van der Waals surface area contributed by atoms with Crippen LogP contribution in [0.4, 0.5) is 10.1 Å². The summed E-state index contributed by atoms with van der Waals surface area (Å²) in [5.41, 5.74) is -0.405. The van der Waals surface area contributed by atoms with Gasteiger partial charge >= 0.3 is 0 Å². The normalized spacial score (nSPS) is 13.3. The Labute approximate surface area is 111 Å². The first-order chi connectivity index (χ1) is 8.34. The first kappa shape index (κ1) is 15.9. The number of sulfonamides is 2. The van der Waals surface area contributed by atoms with Crippen LogP contribution in [0.3, 0.4) is 0 Å². The predicted octanol–water partition coefficient (Wildman–Crippen LogP) is 1.01. The van der Waals surface area contributed by atoms with Crippen molar-refractivity contribution in [1.82, 2.24) is 0 Å². The van der Waals surface area contributed by atoms with Crippen LogP contribution in [0.2, 0.25) is 0 Å². The van der Waals surface area contributed by atoms with E-state index in [1.165, 1.54) is 20.8 Å². The number of anilines is 1. The molecule has 0 spiro atoms. The second kappa shape index (κ2) is 4.73. The Hall–Kier alpha value is -1.19. The molecule has 0 aromatic heterocycles. The monoisotopic (exact) mass is 310 g/mol. The minimum Gasteiger partial charge on any atom is -0.282 e. The summed E-state index contributed by atoms with van der Waals surface area (Å²) in [5.74, 6) is -0.779. The van der Waals surface area contributed by atoms with E-state index in [9.17, 15) is 21.2 Å². The van der Waals surface area contributed by atoms with Crippen LogP contribution in [0.5, 0.6) is 0 Å². The van der Waals surface area contributed by atoms with E-state index in [1.807, 2.05) is 4.72 Å².